The van der Waals surface area contributed by atoms with Gasteiger partial charge in [0.2, 0.25) is 17.7 Å². The zero-order valence-electron chi connectivity index (χ0n) is 40.7. The molecule has 1 aliphatic heterocycles. The first kappa shape index (κ1) is 56.8. The van der Waals surface area contributed by atoms with Gasteiger partial charge in [0.25, 0.3) is 5.91 Å². The third-order valence-corrected chi connectivity index (χ3v) is 15.4. The Hall–Kier alpha value is -3.55. The van der Waals surface area contributed by atoms with Gasteiger partial charge in [-0.2, -0.15) is 0 Å². The Bertz CT molecular complexity index is 1820. The van der Waals surface area contributed by atoms with E-state index in [-0.39, 0.29) is 84.6 Å². The number of likely N-dealkylation sites (N-methyl/N-ethyl adjacent to an activating group) is 2. The number of thiazole rings is 1. The van der Waals surface area contributed by atoms with E-state index in [4.69, 9.17) is 20.2 Å². The van der Waals surface area contributed by atoms with Gasteiger partial charge in [0.15, 0.2) is 0 Å². The van der Waals surface area contributed by atoms with Crippen molar-refractivity contribution in [1.29, 1.82) is 0 Å². The fourth-order valence-corrected chi connectivity index (χ4v) is 10.6. The van der Waals surface area contributed by atoms with Crippen LogP contribution in [-0.2, 0) is 39.9 Å². The van der Waals surface area contributed by atoms with Crippen LogP contribution in [0, 0.1) is 17.8 Å². The van der Waals surface area contributed by atoms with E-state index >= 15 is 0 Å². The largest absolute Gasteiger partial charge is 0.465 e. The average Bonchev–Trinajstić information content (AvgIpc) is 3.79. The van der Waals surface area contributed by atoms with E-state index < -0.39 is 30.1 Å². The fraction of sp³-hybridized carbons (Fsp3) is 0.688. The number of nitrogens with two attached hydrogens (primary N) is 1. The number of ether oxygens (including phenoxy) is 2. The number of piperidine rings is 1. The highest BCUT2D eigenvalue weighted by Gasteiger charge is 2.37. The summed E-state index contributed by atoms with van der Waals surface area (Å²) in [4.78, 5) is 86.9. The molecule has 1 fully saturated rings. The van der Waals surface area contributed by atoms with Crippen LogP contribution in [0.15, 0.2) is 35.7 Å². The fourth-order valence-electron chi connectivity index (χ4n) is 7.80. The van der Waals surface area contributed by atoms with Crippen LogP contribution in [0.3, 0.4) is 0 Å². The predicted octanol–water partition coefficient (Wildman–Crippen LogP) is 6.21. The normalized spacial score (nSPS) is 17.4. The molecule has 1 saturated heterocycles. The summed E-state index contributed by atoms with van der Waals surface area (Å²) in [6, 6.07) is 7.46. The lowest BCUT2D eigenvalue weighted by Gasteiger charge is -2.38. The molecule has 0 radical (unpaired) electrons. The monoisotopic (exact) mass is 975 g/mol. The van der Waals surface area contributed by atoms with Crippen LogP contribution in [0.1, 0.15) is 127 Å². The Kier molecular flexibility index (Phi) is 25.8. The lowest BCUT2D eigenvalue weighted by atomic mass is 9.92. The number of benzene rings is 1. The highest BCUT2D eigenvalue weighted by molar-refractivity contribution is 8.76. The third-order valence-electron chi connectivity index (χ3n) is 12.0. The van der Waals surface area contributed by atoms with E-state index in [0.717, 1.165) is 44.2 Å². The van der Waals surface area contributed by atoms with Crippen molar-refractivity contribution in [2.75, 3.05) is 51.9 Å². The van der Waals surface area contributed by atoms with Gasteiger partial charge in [-0.15, -0.1) is 11.3 Å². The Morgan fingerprint density at radius 2 is 1.73 bits per heavy atom. The highest BCUT2D eigenvalue weighted by Crippen LogP contribution is 2.31. The molecule has 5 N–H and O–H groups in total. The summed E-state index contributed by atoms with van der Waals surface area (Å²) in [5, 5.41) is 11.3. The first-order valence-corrected chi connectivity index (χ1v) is 27.0. The molecule has 18 heteroatoms. The van der Waals surface area contributed by atoms with Crippen LogP contribution in [-0.4, -0.2) is 132 Å². The van der Waals surface area contributed by atoms with Crippen LogP contribution in [0.4, 0.5) is 0 Å². The smallest absolute Gasteiger partial charge is 0.308 e. The van der Waals surface area contributed by atoms with E-state index in [0.29, 0.717) is 42.4 Å². The first-order valence-electron chi connectivity index (χ1n) is 23.6. The minimum absolute atomic E-state index is 0.00714. The van der Waals surface area contributed by atoms with Crippen molar-refractivity contribution in [2.45, 2.75) is 143 Å². The number of nitrogens with one attached hydrogen (secondary N) is 3. The Labute approximate surface area is 405 Å². The number of esters is 1. The molecule has 3 rings (SSSR count). The molecule has 66 heavy (non-hydrogen) atoms. The van der Waals surface area contributed by atoms with Gasteiger partial charge in [-0.05, 0) is 70.0 Å². The van der Waals surface area contributed by atoms with Crippen molar-refractivity contribution in [3.63, 3.8) is 0 Å². The molecule has 8 atom stereocenters. The van der Waals surface area contributed by atoms with E-state index in [2.05, 4.69) is 34.7 Å². The van der Waals surface area contributed by atoms with E-state index in [1.165, 1.54) is 39.8 Å². The first-order chi connectivity index (χ1) is 31.5. The number of hydrogen-bond donors (Lipinski definition) is 4. The SMILES string of the molecule is CCCO[C@H](C[C@H](C(C)C)N(C)C(=O)[C@@H](NC(=O)[C@H]1CCCCN1C)C(C)CC)c1nc(C(=O)N[C@@H](Cc2ccccc2)C[C@H](C)C(=O)OCCSSC[C@@H](N)C(=O)NCCC(C)=O)cs1. The van der Waals surface area contributed by atoms with Crippen molar-refractivity contribution < 1.29 is 38.2 Å². The summed E-state index contributed by atoms with van der Waals surface area (Å²) < 4.78 is 12.0. The van der Waals surface area contributed by atoms with E-state index in [1.807, 2.05) is 65.2 Å². The van der Waals surface area contributed by atoms with Crippen LogP contribution >= 0.6 is 32.9 Å². The van der Waals surface area contributed by atoms with Crippen molar-refractivity contribution in [1.82, 2.24) is 30.7 Å². The van der Waals surface area contributed by atoms with Gasteiger partial charge in [0.1, 0.15) is 35.2 Å². The van der Waals surface area contributed by atoms with Crippen molar-refractivity contribution in [3.05, 3.63) is 52.0 Å². The third kappa shape index (κ3) is 19.2. The summed E-state index contributed by atoms with van der Waals surface area (Å²) in [6.45, 7) is 15.2. The van der Waals surface area contributed by atoms with Gasteiger partial charge in [-0.25, -0.2) is 4.98 Å². The van der Waals surface area contributed by atoms with Crippen molar-refractivity contribution >= 4 is 68.3 Å². The maximum atomic E-state index is 14.4. The molecule has 2 heterocycles. The van der Waals surface area contributed by atoms with Crippen LogP contribution in [0.2, 0.25) is 0 Å². The average molecular weight is 976 g/mol. The number of aromatic nitrogens is 1. The second kappa shape index (κ2) is 30.0. The lowest BCUT2D eigenvalue weighted by Crippen LogP contribution is -2.58. The Balaban J connectivity index is 1.67. The summed E-state index contributed by atoms with van der Waals surface area (Å²) in [5.74, 6) is -0.971. The number of amides is 4. The molecular formula is C48H77N7O8S3. The van der Waals surface area contributed by atoms with Gasteiger partial charge in [0, 0.05) is 62.0 Å². The van der Waals surface area contributed by atoms with Crippen molar-refractivity contribution in [3.8, 4) is 0 Å². The molecule has 1 aromatic carbocycles. The zero-order chi connectivity index (χ0) is 48.8. The summed E-state index contributed by atoms with van der Waals surface area (Å²) in [5.41, 5.74) is 7.21. The molecular weight excluding hydrogens is 899 g/mol. The predicted molar refractivity (Wildman–Crippen MR) is 266 cm³/mol. The Morgan fingerprint density at radius 1 is 1.00 bits per heavy atom. The second-order valence-electron chi connectivity index (χ2n) is 17.9. The van der Waals surface area contributed by atoms with E-state index in [1.54, 1.807) is 17.2 Å². The minimum Gasteiger partial charge on any atom is -0.465 e. The van der Waals surface area contributed by atoms with Gasteiger partial charge >= 0.3 is 5.97 Å². The number of carbonyl (C=O) groups is 6. The molecule has 0 bridgehead atoms. The topological polar surface area (TPSA) is 202 Å². The quantitative estimate of drug-likeness (QED) is 0.0391. The number of carbonyl (C=O) groups excluding carboxylic acids is 6. The molecule has 15 nitrogen and oxygen atoms in total. The molecule has 1 aliphatic rings. The maximum absolute atomic E-state index is 14.4. The molecule has 0 saturated carbocycles. The molecule has 0 spiro atoms. The zero-order valence-corrected chi connectivity index (χ0v) is 43.1. The number of nitrogens with zero attached hydrogens (tertiary/aromatic N) is 3. The molecule has 2 aromatic rings. The summed E-state index contributed by atoms with van der Waals surface area (Å²) in [7, 11) is 6.64. The van der Waals surface area contributed by atoms with Gasteiger partial charge in [-0.1, -0.05) is 106 Å². The number of Topliss-reactive ketones (excluding diaryl/α,β-unsaturated/α-hetero) is 1. The Morgan fingerprint density at radius 3 is 2.38 bits per heavy atom. The summed E-state index contributed by atoms with van der Waals surface area (Å²) in [6.07, 6.45) is 5.36. The molecule has 1 unspecified atom stereocenters. The van der Waals surface area contributed by atoms with Gasteiger partial charge < -0.3 is 36.1 Å². The molecule has 0 aliphatic carbocycles. The molecule has 4 amide bonds. The standard InChI is InChI=1S/C48H77N7O8S3/c1-10-23-62-41(28-40(31(3)4)55(9)47(60)42(32(5)11-2)53-45(59)39-19-15-16-22-54(39)8)46-52-38(30-64-46)44(58)51-36(27-35-17-13-12-14-18-35)26-33(6)48(61)63-24-25-65-66-29-37(49)43(57)50-21-20-34(7)56/h12-14,17-18,30-33,36-37,39-42H,10-11,15-16,19-29,49H2,1-9H3,(H,50,57)(H,51,58)(H,53,59)/t32?,33-,36+,37+,39+,40+,41+,42-/m0/s1. The minimum atomic E-state index is -0.717. The molecule has 1 aromatic heterocycles. The number of ketones is 1. The van der Waals surface area contributed by atoms with E-state index in [9.17, 15) is 28.8 Å². The van der Waals surface area contributed by atoms with Crippen LogP contribution in [0.25, 0.3) is 0 Å². The maximum Gasteiger partial charge on any atom is 0.308 e. The number of hydrogen-bond acceptors (Lipinski definition) is 14. The number of likely N-dealkylation sites (tertiary alicyclic amines) is 1. The number of rotatable bonds is 30. The molecule has 370 valence electrons. The van der Waals surface area contributed by atoms with Gasteiger partial charge in [-0.3, -0.25) is 33.7 Å². The summed E-state index contributed by atoms with van der Waals surface area (Å²) >= 11 is 1.34. The van der Waals surface area contributed by atoms with Crippen LogP contribution in [0.5, 0.6) is 0 Å². The van der Waals surface area contributed by atoms with Gasteiger partial charge in [0.05, 0.1) is 18.0 Å². The lowest BCUT2D eigenvalue weighted by molar-refractivity contribution is -0.147. The second-order valence-corrected chi connectivity index (χ2v) is 21.4. The van der Waals surface area contributed by atoms with Crippen LogP contribution < -0.4 is 21.7 Å². The van der Waals surface area contributed by atoms with Crippen molar-refractivity contribution in [2.24, 2.45) is 23.5 Å². The highest BCUT2D eigenvalue weighted by atomic mass is 33.1.